The van der Waals surface area contributed by atoms with Crippen molar-refractivity contribution in [3.63, 3.8) is 0 Å². The Morgan fingerprint density at radius 1 is 1.69 bits per heavy atom. The van der Waals surface area contributed by atoms with Crippen LogP contribution in [-0.4, -0.2) is 23.2 Å². The van der Waals surface area contributed by atoms with E-state index in [-0.39, 0.29) is 5.41 Å². The SMILES string of the molecule is COCc1nc(C2(C(=O)O)CC2(C)C)cs1. The molecule has 1 heterocycles. The van der Waals surface area contributed by atoms with Crippen molar-refractivity contribution in [1.82, 2.24) is 4.98 Å². The molecule has 0 aliphatic heterocycles. The molecule has 0 radical (unpaired) electrons. The van der Waals surface area contributed by atoms with Crippen molar-refractivity contribution in [1.29, 1.82) is 0 Å². The van der Waals surface area contributed by atoms with Crippen LogP contribution >= 0.6 is 11.3 Å². The van der Waals surface area contributed by atoms with Crippen LogP contribution in [-0.2, 0) is 21.6 Å². The predicted molar refractivity (Wildman–Crippen MR) is 60.5 cm³/mol. The molecule has 1 atom stereocenters. The molecule has 0 amide bonds. The van der Waals surface area contributed by atoms with Crippen LogP contribution in [0.25, 0.3) is 0 Å². The number of hydrogen-bond donors (Lipinski definition) is 1. The van der Waals surface area contributed by atoms with Gasteiger partial charge < -0.3 is 9.84 Å². The summed E-state index contributed by atoms with van der Waals surface area (Å²) < 4.78 is 4.99. The van der Waals surface area contributed by atoms with Gasteiger partial charge in [0.25, 0.3) is 0 Å². The summed E-state index contributed by atoms with van der Waals surface area (Å²) in [5, 5.41) is 12.0. The van der Waals surface area contributed by atoms with Gasteiger partial charge in [-0.3, -0.25) is 4.79 Å². The lowest BCUT2D eigenvalue weighted by atomic mass is 9.93. The van der Waals surface area contributed by atoms with E-state index in [9.17, 15) is 9.90 Å². The molecule has 1 aliphatic rings. The molecule has 0 spiro atoms. The molecule has 1 aromatic heterocycles. The summed E-state index contributed by atoms with van der Waals surface area (Å²) in [5.41, 5.74) is -0.297. The lowest BCUT2D eigenvalue weighted by Gasteiger charge is -2.12. The van der Waals surface area contributed by atoms with Gasteiger partial charge in [0, 0.05) is 12.5 Å². The van der Waals surface area contributed by atoms with Gasteiger partial charge in [-0.15, -0.1) is 11.3 Å². The third kappa shape index (κ3) is 1.46. The summed E-state index contributed by atoms with van der Waals surface area (Å²) in [6.07, 6.45) is 0.658. The van der Waals surface area contributed by atoms with Crippen LogP contribution in [0.5, 0.6) is 0 Å². The molecule has 2 rings (SSSR count). The van der Waals surface area contributed by atoms with Gasteiger partial charge >= 0.3 is 5.97 Å². The van der Waals surface area contributed by atoms with Crippen molar-refractivity contribution >= 4 is 17.3 Å². The van der Waals surface area contributed by atoms with Crippen molar-refractivity contribution < 1.29 is 14.6 Å². The number of aromatic nitrogens is 1. The molecule has 0 bridgehead atoms. The second-order valence-electron chi connectivity index (χ2n) is 4.83. The molecule has 1 aliphatic carbocycles. The van der Waals surface area contributed by atoms with Crippen molar-refractivity contribution in [3.05, 3.63) is 16.1 Å². The van der Waals surface area contributed by atoms with E-state index < -0.39 is 11.4 Å². The third-order valence-electron chi connectivity index (χ3n) is 3.36. The highest BCUT2D eigenvalue weighted by atomic mass is 32.1. The lowest BCUT2D eigenvalue weighted by molar-refractivity contribution is -0.141. The predicted octanol–water partition coefficient (Wildman–Crippen LogP) is 2.04. The van der Waals surface area contributed by atoms with Crippen molar-refractivity contribution in [2.45, 2.75) is 32.3 Å². The van der Waals surface area contributed by atoms with Gasteiger partial charge in [-0.25, -0.2) is 4.98 Å². The van der Waals surface area contributed by atoms with Crippen LogP contribution in [0.15, 0.2) is 5.38 Å². The second-order valence-corrected chi connectivity index (χ2v) is 5.77. The van der Waals surface area contributed by atoms with Gasteiger partial charge in [-0.1, -0.05) is 13.8 Å². The van der Waals surface area contributed by atoms with Crippen molar-refractivity contribution in [2.24, 2.45) is 5.41 Å². The molecule has 16 heavy (non-hydrogen) atoms. The lowest BCUT2D eigenvalue weighted by Crippen LogP contribution is -2.26. The average molecular weight is 241 g/mol. The quantitative estimate of drug-likeness (QED) is 0.876. The maximum atomic E-state index is 11.4. The molecular weight excluding hydrogens is 226 g/mol. The normalized spacial score (nSPS) is 26.7. The molecule has 88 valence electrons. The monoisotopic (exact) mass is 241 g/mol. The summed E-state index contributed by atoms with van der Waals surface area (Å²) in [5.74, 6) is -0.772. The van der Waals surface area contributed by atoms with E-state index in [1.165, 1.54) is 11.3 Å². The number of aliphatic carboxylic acids is 1. The molecule has 1 unspecified atom stereocenters. The molecule has 1 fully saturated rings. The van der Waals surface area contributed by atoms with Crippen LogP contribution in [0.1, 0.15) is 31.0 Å². The molecule has 5 heteroatoms. The fourth-order valence-corrected chi connectivity index (χ4v) is 3.07. The first kappa shape index (κ1) is 11.5. The molecule has 1 N–H and O–H groups in total. The number of carboxylic acids is 1. The van der Waals surface area contributed by atoms with Gasteiger partial charge in [-0.2, -0.15) is 0 Å². The largest absolute Gasteiger partial charge is 0.481 e. The van der Waals surface area contributed by atoms with E-state index in [0.717, 1.165) is 5.01 Å². The third-order valence-corrected chi connectivity index (χ3v) is 4.18. The minimum atomic E-state index is -0.782. The van der Waals surface area contributed by atoms with E-state index in [0.29, 0.717) is 18.7 Å². The smallest absolute Gasteiger partial charge is 0.316 e. The summed E-state index contributed by atoms with van der Waals surface area (Å²) in [7, 11) is 1.61. The summed E-state index contributed by atoms with van der Waals surface area (Å²) in [6, 6.07) is 0. The fourth-order valence-electron chi connectivity index (χ4n) is 2.23. The number of carbonyl (C=O) groups is 1. The highest BCUT2D eigenvalue weighted by molar-refractivity contribution is 7.09. The molecule has 0 saturated heterocycles. The summed E-state index contributed by atoms with van der Waals surface area (Å²) >= 11 is 1.46. The number of methoxy groups -OCH3 is 1. The van der Waals surface area contributed by atoms with Crippen LogP contribution in [0.2, 0.25) is 0 Å². The zero-order valence-corrected chi connectivity index (χ0v) is 10.4. The van der Waals surface area contributed by atoms with E-state index >= 15 is 0 Å². The first-order valence-corrected chi connectivity index (χ1v) is 5.99. The first-order valence-electron chi connectivity index (χ1n) is 5.11. The minimum Gasteiger partial charge on any atom is -0.481 e. The van der Waals surface area contributed by atoms with Crippen LogP contribution < -0.4 is 0 Å². The van der Waals surface area contributed by atoms with E-state index in [2.05, 4.69) is 4.98 Å². The summed E-state index contributed by atoms with van der Waals surface area (Å²) in [6.45, 7) is 4.38. The highest BCUT2D eigenvalue weighted by Gasteiger charge is 2.69. The number of nitrogens with zero attached hydrogens (tertiary/aromatic N) is 1. The Bertz CT molecular complexity index is 427. The van der Waals surface area contributed by atoms with Gasteiger partial charge in [-0.05, 0) is 11.8 Å². The van der Waals surface area contributed by atoms with E-state index in [4.69, 9.17) is 4.74 Å². The first-order chi connectivity index (χ1) is 7.44. The standard InChI is InChI=1S/C11H15NO3S/c1-10(2)6-11(10,9(13)14)7-5-16-8(12-7)4-15-3/h5H,4,6H2,1-3H3,(H,13,14). The molecule has 1 aromatic rings. The Labute approximate surface area is 98.3 Å². The summed E-state index contributed by atoms with van der Waals surface area (Å²) in [4.78, 5) is 15.8. The zero-order valence-electron chi connectivity index (χ0n) is 9.61. The van der Waals surface area contributed by atoms with Crippen LogP contribution in [0, 0.1) is 5.41 Å². The van der Waals surface area contributed by atoms with Gasteiger partial charge in [0.05, 0.1) is 12.3 Å². The maximum Gasteiger partial charge on any atom is 0.316 e. The van der Waals surface area contributed by atoms with Crippen LogP contribution in [0.4, 0.5) is 0 Å². The number of hydrogen-bond acceptors (Lipinski definition) is 4. The Hall–Kier alpha value is -0.940. The van der Waals surface area contributed by atoms with Crippen molar-refractivity contribution in [3.8, 4) is 0 Å². The number of rotatable bonds is 4. The molecule has 1 saturated carbocycles. The van der Waals surface area contributed by atoms with E-state index in [1.807, 2.05) is 19.2 Å². The van der Waals surface area contributed by atoms with Gasteiger partial charge in [0.2, 0.25) is 0 Å². The Kier molecular flexibility index (Phi) is 2.55. The Morgan fingerprint density at radius 2 is 2.31 bits per heavy atom. The number of carboxylic acid groups (broad SMARTS) is 1. The number of thiazole rings is 1. The zero-order chi connectivity index (χ0) is 12.0. The second kappa shape index (κ2) is 3.53. The minimum absolute atomic E-state index is 0.197. The highest BCUT2D eigenvalue weighted by Crippen LogP contribution is 2.64. The topological polar surface area (TPSA) is 59.4 Å². The Balaban J connectivity index is 2.32. The molecular formula is C11H15NO3S. The Morgan fingerprint density at radius 3 is 2.75 bits per heavy atom. The fraction of sp³-hybridized carbons (Fsp3) is 0.636. The maximum absolute atomic E-state index is 11.4. The molecule has 0 aromatic carbocycles. The van der Waals surface area contributed by atoms with Crippen molar-refractivity contribution in [2.75, 3.05) is 7.11 Å². The van der Waals surface area contributed by atoms with Gasteiger partial charge in [0.1, 0.15) is 10.4 Å². The van der Waals surface area contributed by atoms with E-state index in [1.54, 1.807) is 7.11 Å². The average Bonchev–Trinajstić information content (AvgIpc) is 2.59. The van der Waals surface area contributed by atoms with Gasteiger partial charge in [0.15, 0.2) is 0 Å². The van der Waals surface area contributed by atoms with Crippen LogP contribution in [0.3, 0.4) is 0 Å². The molecule has 4 nitrogen and oxygen atoms in total. The number of ether oxygens (including phenoxy) is 1.